The largest absolute Gasteiger partial charge is 0.278 e. The van der Waals surface area contributed by atoms with Crippen molar-refractivity contribution in [3.8, 4) is 6.07 Å². The Kier molecular flexibility index (Phi) is 4.30. The highest BCUT2D eigenvalue weighted by Gasteiger charge is 2.18. The van der Waals surface area contributed by atoms with E-state index in [9.17, 15) is 8.42 Å². The van der Waals surface area contributed by atoms with Crippen LogP contribution in [0.25, 0.3) is 0 Å². The van der Waals surface area contributed by atoms with Crippen molar-refractivity contribution in [2.75, 3.05) is 4.72 Å². The topological polar surface area (TPSA) is 82.8 Å². The van der Waals surface area contributed by atoms with Crippen molar-refractivity contribution in [3.63, 3.8) is 0 Å². The van der Waals surface area contributed by atoms with Gasteiger partial charge in [0.15, 0.2) is 0 Å². The third-order valence-corrected chi connectivity index (χ3v) is 4.86. The molecule has 1 N–H and O–H groups in total. The molecule has 2 rings (SSSR count). The van der Waals surface area contributed by atoms with Crippen molar-refractivity contribution >= 4 is 31.6 Å². The van der Waals surface area contributed by atoms with Crippen LogP contribution in [0.5, 0.6) is 0 Å². The Morgan fingerprint density at radius 3 is 2.52 bits per heavy atom. The van der Waals surface area contributed by atoms with E-state index in [0.29, 0.717) is 27.1 Å². The summed E-state index contributed by atoms with van der Waals surface area (Å²) >= 11 is 3.23. The summed E-state index contributed by atoms with van der Waals surface area (Å²) < 4.78 is 28.0. The first-order valence-electron chi connectivity index (χ1n) is 6.00. The second-order valence-electron chi connectivity index (χ2n) is 4.46. The highest BCUT2D eigenvalue weighted by Crippen LogP contribution is 2.22. The number of benzene rings is 1. The number of halogens is 1. The lowest BCUT2D eigenvalue weighted by Crippen LogP contribution is -2.15. The van der Waals surface area contributed by atoms with Gasteiger partial charge in [-0.1, -0.05) is 0 Å². The van der Waals surface area contributed by atoms with Gasteiger partial charge in [0.05, 0.1) is 27.9 Å². The summed E-state index contributed by atoms with van der Waals surface area (Å²) in [7, 11) is -3.72. The van der Waals surface area contributed by atoms with Crippen molar-refractivity contribution < 1.29 is 8.42 Å². The molecule has 1 aromatic heterocycles. The number of nitrogens with zero attached hydrogens (tertiary/aromatic N) is 2. The summed E-state index contributed by atoms with van der Waals surface area (Å²) in [6, 6.07) is 9.74. The van der Waals surface area contributed by atoms with E-state index in [0.717, 1.165) is 0 Å². The second-order valence-corrected chi connectivity index (χ2v) is 6.93. The second kappa shape index (κ2) is 5.84. The molecule has 7 heteroatoms. The van der Waals surface area contributed by atoms with Gasteiger partial charge < -0.3 is 0 Å². The minimum atomic E-state index is -3.72. The molecular weight excluding hydrogens is 354 g/mol. The van der Waals surface area contributed by atoms with Crippen molar-refractivity contribution in [1.29, 1.82) is 5.26 Å². The highest BCUT2D eigenvalue weighted by molar-refractivity contribution is 9.10. The molecule has 0 saturated heterocycles. The zero-order valence-corrected chi connectivity index (χ0v) is 13.8. The Hall–Kier alpha value is -1.91. The summed E-state index contributed by atoms with van der Waals surface area (Å²) in [6.07, 6.45) is 0. The Balaban J connectivity index is 2.41. The molecule has 5 nitrogen and oxygen atoms in total. The van der Waals surface area contributed by atoms with Crippen LogP contribution < -0.4 is 4.72 Å². The van der Waals surface area contributed by atoms with Crippen LogP contribution in [0.1, 0.15) is 16.8 Å². The van der Waals surface area contributed by atoms with E-state index < -0.39 is 10.0 Å². The molecule has 0 atom stereocenters. The first-order chi connectivity index (χ1) is 9.83. The summed E-state index contributed by atoms with van der Waals surface area (Å²) in [5.74, 6) is 0. The van der Waals surface area contributed by atoms with Crippen LogP contribution in [0.2, 0.25) is 0 Å². The summed E-state index contributed by atoms with van der Waals surface area (Å²) in [5.41, 5.74) is 1.93. The predicted octanol–water partition coefficient (Wildman–Crippen LogP) is 3.13. The smallest absolute Gasteiger partial charge is 0.262 e. The van der Waals surface area contributed by atoms with Gasteiger partial charge >= 0.3 is 0 Å². The van der Waals surface area contributed by atoms with Gasteiger partial charge in [-0.2, -0.15) is 5.26 Å². The van der Waals surface area contributed by atoms with Gasteiger partial charge in [0.2, 0.25) is 0 Å². The monoisotopic (exact) mass is 365 g/mol. The van der Waals surface area contributed by atoms with Crippen molar-refractivity contribution in [2.24, 2.45) is 0 Å². The Morgan fingerprint density at radius 1 is 1.24 bits per heavy atom. The first kappa shape index (κ1) is 15.5. The van der Waals surface area contributed by atoms with E-state index in [2.05, 4.69) is 25.6 Å². The maximum atomic E-state index is 12.4. The van der Waals surface area contributed by atoms with Gasteiger partial charge in [0.1, 0.15) is 4.60 Å². The molecule has 0 spiro atoms. The van der Waals surface area contributed by atoms with E-state index >= 15 is 0 Å². The minimum absolute atomic E-state index is 0.142. The number of nitrogens with one attached hydrogen (secondary N) is 1. The number of hydrogen-bond acceptors (Lipinski definition) is 4. The van der Waals surface area contributed by atoms with E-state index in [1.54, 1.807) is 32.0 Å². The van der Waals surface area contributed by atoms with E-state index in [-0.39, 0.29) is 4.90 Å². The first-order valence-corrected chi connectivity index (χ1v) is 8.28. The fraction of sp³-hybridized carbons (Fsp3) is 0.143. The zero-order valence-electron chi connectivity index (χ0n) is 11.4. The highest BCUT2D eigenvalue weighted by atomic mass is 79.9. The molecular formula is C14H12BrN3O2S. The summed E-state index contributed by atoms with van der Waals surface area (Å²) in [6.45, 7) is 3.37. The fourth-order valence-electron chi connectivity index (χ4n) is 1.86. The molecule has 108 valence electrons. The standard InChI is InChI=1S/C14H12BrN3O2S/c1-9-7-11(8-16)3-5-13(9)21(19,20)18-12-4-6-14(15)17-10(12)2/h3-7,18H,1-2H3. The number of pyridine rings is 1. The Labute approximate surface area is 131 Å². The molecule has 1 aromatic carbocycles. The maximum Gasteiger partial charge on any atom is 0.262 e. The molecule has 0 radical (unpaired) electrons. The number of rotatable bonds is 3. The van der Waals surface area contributed by atoms with Crippen LogP contribution in [0, 0.1) is 25.2 Å². The van der Waals surface area contributed by atoms with Crippen LogP contribution in [0.3, 0.4) is 0 Å². The quantitative estimate of drug-likeness (QED) is 0.846. The minimum Gasteiger partial charge on any atom is -0.278 e. The van der Waals surface area contributed by atoms with Crippen molar-refractivity contribution in [3.05, 3.63) is 51.8 Å². The van der Waals surface area contributed by atoms with Crippen LogP contribution in [-0.4, -0.2) is 13.4 Å². The fourth-order valence-corrected chi connectivity index (χ4v) is 3.60. The normalized spacial score (nSPS) is 11.0. The molecule has 0 aliphatic heterocycles. The number of sulfonamides is 1. The van der Waals surface area contributed by atoms with Gasteiger partial charge in [-0.3, -0.25) is 4.72 Å². The molecule has 0 amide bonds. The number of hydrogen-bond donors (Lipinski definition) is 1. The molecule has 0 bridgehead atoms. The zero-order chi connectivity index (χ0) is 15.6. The molecule has 0 aliphatic rings. The lowest BCUT2D eigenvalue weighted by molar-refractivity contribution is 0.600. The molecule has 0 aliphatic carbocycles. The number of anilines is 1. The van der Waals surface area contributed by atoms with Gasteiger partial charge in [-0.25, -0.2) is 13.4 Å². The van der Waals surface area contributed by atoms with Crippen LogP contribution in [-0.2, 0) is 10.0 Å². The number of aromatic nitrogens is 1. The van der Waals surface area contributed by atoms with Gasteiger partial charge in [0.25, 0.3) is 10.0 Å². The third-order valence-electron chi connectivity index (χ3n) is 2.89. The Morgan fingerprint density at radius 2 is 1.95 bits per heavy atom. The third kappa shape index (κ3) is 3.40. The number of aryl methyl sites for hydroxylation is 2. The number of nitriles is 1. The SMILES string of the molecule is Cc1cc(C#N)ccc1S(=O)(=O)Nc1ccc(Br)nc1C. The van der Waals surface area contributed by atoms with E-state index in [4.69, 9.17) is 5.26 Å². The van der Waals surface area contributed by atoms with Crippen LogP contribution in [0.4, 0.5) is 5.69 Å². The van der Waals surface area contributed by atoms with Crippen molar-refractivity contribution in [1.82, 2.24) is 4.98 Å². The molecule has 1 heterocycles. The van der Waals surface area contributed by atoms with E-state index in [1.807, 2.05) is 6.07 Å². The average molecular weight is 366 g/mol. The summed E-state index contributed by atoms with van der Waals surface area (Å²) in [4.78, 5) is 4.29. The van der Waals surface area contributed by atoms with Gasteiger partial charge in [0, 0.05) is 0 Å². The molecule has 2 aromatic rings. The lowest BCUT2D eigenvalue weighted by Gasteiger charge is -2.12. The molecule has 21 heavy (non-hydrogen) atoms. The van der Waals surface area contributed by atoms with Gasteiger partial charge in [-0.05, 0) is 65.7 Å². The summed E-state index contributed by atoms with van der Waals surface area (Å²) in [5, 5.41) is 8.83. The lowest BCUT2D eigenvalue weighted by atomic mass is 10.2. The van der Waals surface area contributed by atoms with Crippen LogP contribution in [0.15, 0.2) is 39.8 Å². The van der Waals surface area contributed by atoms with E-state index in [1.165, 1.54) is 12.1 Å². The van der Waals surface area contributed by atoms with Crippen molar-refractivity contribution in [2.45, 2.75) is 18.7 Å². The Bertz CT molecular complexity index is 842. The molecule has 0 saturated carbocycles. The molecule has 0 fully saturated rings. The predicted molar refractivity (Wildman–Crippen MR) is 83.4 cm³/mol. The van der Waals surface area contributed by atoms with Crippen LogP contribution >= 0.6 is 15.9 Å². The maximum absolute atomic E-state index is 12.4. The van der Waals surface area contributed by atoms with Gasteiger partial charge in [-0.15, -0.1) is 0 Å². The average Bonchev–Trinajstić information content (AvgIpc) is 2.41. The molecule has 0 unspecified atom stereocenters.